The smallest absolute Gasteiger partial charge is 0.253 e. The molecule has 3 aromatic heterocycles. The normalized spacial score (nSPS) is 11.1. The first kappa shape index (κ1) is 20.6. The Morgan fingerprint density at radius 3 is 2.64 bits per heavy atom. The molecule has 8 nitrogen and oxygen atoms in total. The predicted octanol–water partition coefficient (Wildman–Crippen LogP) is 4.67. The highest BCUT2D eigenvalue weighted by Crippen LogP contribution is 2.31. The lowest BCUT2D eigenvalue weighted by Gasteiger charge is -2.12. The summed E-state index contributed by atoms with van der Waals surface area (Å²) >= 11 is 0. The minimum atomic E-state index is -0.157. The van der Waals surface area contributed by atoms with E-state index >= 15 is 0 Å². The zero-order valence-electron chi connectivity index (χ0n) is 18.4. The lowest BCUT2D eigenvalue weighted by atomic mass is 10.1. The number of aromatic nitrogens is 3. The molecule has 0 aliphatic rings. The van der Waals surface area contributed by atoms with Gasteiger partial charge < -0.3 is 24.2 Å². The molecule has 0 unspecified atom stereocenters. The SMILES string of the molecule is COc1cc2cc(CNc3ccc(-c4nc5ncccc5o4)cc3C)c(=O)[nH]c2cc1OC. The Hall–Kier alpha value is -4.33. The van der Waals surface area contributed by atoms with E-state index in [0.717, 1.165) is 22.2 Å². The van der Waals surface area contributed by atoms with E-state index in [1.54, 1.807) is 26.5 Å². The Labute approximate surface area is 189 Å². The molecule has 2 N–H and O–H groups in total. The molecule has 0 saturated carbocycles. The zero-order chi connectivity index (χ0) is 22.9. The van der Waals surface area contributed by atoms with Crippen molar-refractivity contribution in [2.24, 2.45) is 0 Å². The van der Waals surface area contributed by atoms with Crippen molar-refractivity contribution >= 4 is 27.8 Å². The molecule has 3 heterocycles. The van der Waals surface area contributed by atoms with Crippen molar-refractivity contribution in [2.75, 3.05) is 19.5 Å². The molecule has 0 saturated heterocycles. The summed E-state index contributed by atoms with van der Waals surface area (Å²) in [6.07, 6.45) is 1.69. The molecule has 5 aromatic rings. The third kappa shape index (κ3) is 3.87. The van der Waals surface area contributed by atoms with Crippen LogP contribution in [0, 0.1) is 6.92 Å². The van der Waals surface area contributed by atoms with Gasteiger partial charge in [0.05, 0.1) is 19.7 Å². The average molecular weight is 442 g/mol. The fraction of sp³-hybridized carbons (Fsp3) is 0.160. The Morgan fingerprint density at radius 1 is 1.06 bits per heavy atom. The first-order valence-corrected chi connectivity index (χ1v) is 10.4. The summed E-state index contributed by atoms with van der Waals surface area (Å²) in [6, 6.07) is 15.0. The minimum absolute atomic E-state index is 0.157. The molecule has 2 aromatic carbocycles. The Kier molecular flexibility index (Phi) is 5.18. The average Bonchev–Trinajstić information content (AvgIpc) is 3.27. The fourth-order valence-corrected chi connectivity index (χ4v) is 3.79. The largest absolute Gasteiger partial charge is 0.493 e. The standard InChI is InChI=1S/C25H22N4O4/c1-14-9-15(25-29-23-20(33-25)5-4-8-26-23)6-7-18(14)27-13-17-10-16-11-21(31-2)22(32-3)12-19(16)28-24(17)30/h4-12,27H,13H2,1-3H3,(H,28,30). The van der Waals surface area contributed by atoms with Gasteiger partial charge in [-0.3, -0.25) is 4.79 Å². The molecule has 33 heavy (non-hydrogen) atoms. The highest BCUT2D eigenvalue weighted by molar-refractivity contribution is 5.83. The summed E-state index contributed by atoms with van der Waals surface area (Å²) in [5.74, 6) is 1.70. The number of anilines is 1. The van der Waals surface area contributed by atoms with Crippen LogP contribution in [0.1, 0.15) is 11.1 Å². The van der Waals surface area contributed by atoms with E-state index in [2.05, 4.69) is 20.3 Å². The molecular weight excluding hydrogens is 420 g/mol. The van der Waals surface area contributed by atoms with Gasteiger partial charge in [-0.1, -0.05) is 0 Å². The Morgan fingerprint density at radius 2 is 1.88 bits per heavy atom. The van der Waals surface area contributed by atoms with Crippen LogP contribution in [0.25, 0.3) is 33.6 Å². The van der Waals surface area contributed by atoms with Crippen molar-refractivity contribution in [3.05, 3.63) is 76.2 Å². The number of rotatable bonds is 6. The summed E-state index contributed by atoms with van der Waals surface area (Å²) in [7, 11) is 3.15. The van der Waals surface area contributed by atoms with E-state index in [1.807, 2.05) is 49.4 Å². The van der Waals surface area contributed by atoms with Crippen LogP contribution in [0.15, 0.2) is 63.9 Å². The molecule has 0 aliphatic heterocycles. The van der Waals surface area contributed by atoms with Crippen LogP contribution in [-0.2, 0) is 6.54 Å². The fourth-order valence-electron chi connectivity index (χ4n) is 3.79. The third-order valence-corrected chi connectivity index (χ3v) is 5.53. The quantitative estimate of drug-likeness (QED) is 0.394. The second-order valence-corrected chi connectivity index (χ2v) is 7.65. The highest BCUT2D eigenvalue weighted by atomic mass is 16.5. The molecule has 166 valence electrons. The van der Waals surface area contributed by atoms with Crippen molar-refractivity contribution in [3.63, 3.8) is 0 Å². The molecular formula is C25H22N4O4. The molecule has 0 fully saturated rings. The number of pyridine rings is 2. The summed E-state index contributed by atoms with van der Waals surface area (Å²) in [4.78, 5) is 24.2. The maximum Gasteiger partial charge on any atom is 0.253 e. The number of oxazole rings is 1. The molecule has 0 amide bonds. The Balaban J connectivity index is 1.39. The number of hydrogen-bond acceptors (Lipinski definition) is 7. The van der Waals surface area contributed by atoms with E-state index in [-0.39, 0.29) is 5.56 Å². The van der Waals surface area contributed by atoms with E-state index in [4.69, 9.17) is 13.9 Å². The lowest BCUT2D eigenvalue weighted by Crippen LogP contribution is -2.16. The Bertz CT molecular complexity index is 1500. The summed E-state index contributed by atoms with van der Waals surface area (Å²) in [5.41, 5.74) is 5.16. The molecule has 0 bridgehead atoms. The number of hydrogen-bond donors (Lipinski definition) is 2. The lowest BCUT2D eigenvalue weighted by molar-refractivity contribution is 0.356. The van der Waals surface area contributed by atoms with Crippen molar-refractivity contribution < 1.29 is 13.9 Å². The summed E-state index contributed by atoms with van der Waals surface area (Å²) in [5, 5.41) is 4.21. The van der Waals surface area contributed by atoms with Gasteiger partial charge >= 0.3 is 0 Å². The van der Waals surface area contributed by atoms with Gasteiger partial charge in [0, 0.05) is 41.0 Å². The number of benzene rings is 2. The van der Waals surface area contributed by atoms with Crippen LogP contribution < -0.4 is 20.3 Å². The topological polar surface area (TPSA) is 102 Å². The van der Waals surface area contributed by atoms with Gasteiger partial charge in [-0.05, 0) is 55.0 Å². The van der Waals surface area contributed by atoms with Crippen molar-refractivity contribution in [1.29, 1.82) is 0 Å². The van der Waals surface area contributed by atoms with Crippen LogP contribution in [0.2, 0.25) is 0 Å². The van der Waals surface area contributed by atoms with Crippen LogP contribution in [0.4, 0.5) is 5.69 Å². The molecule has 0 spiro atoms. The zero-order valence-corrected chi connectivity index (χ0v) is 18.4. The molecule has 0 atom stereocenters. The van der Waals surface area contributed by atoms with E-state index in [0.29, 0.717) is 46.2 Å². The number of methoxy groups -OCH3 is 2. The summed E-state index contributed by atoms with van der Waals surface area (Å²) < 4.78 is 16.5. The first-order valence-electron chi connectivity index (χ1n) is 10.4. The molecule has 0 aliphatic carbocycles. The monoisotopic (exact) mass is 442 g/mol. The second-order valence-electron chi connectivity index (χ2n) is 7.65. The van der Waals surface area contributed by atoms with Gasteiger partial charge in [-0.2, -0.15) is 4.98 Å². The van der Waals surface area contributed by atoms with Gasteiger partial charge in [-0.15, -0.1) is 0 Å². The van der Waals surface area contributed by atoms with Crippen LogP contribution >= 0.6 is 0 Å². The van der Waals surface area contributed by atoms with Gasteiger partial charge in [0.1, 0.15) is 0 Å². The van der Waals surface area contributed by atoms with Crippen molar-refractivity contribution in [2.45, 2.75) is 13.5 Å². The molecule has 8 heteroatoms. The second kappa shape index (κ2) is 8.31. The van der Waals surface area contributed by atoms with E-state index < -0.39 is 0 Å². The van der Waals surface area contributed by atoms with Gasteiger partial charge in [0.15, 0.2) is 22.7 Å². The van der Waals surface area contributed by atoms with Crippen molar-refractivity contribution in [3.8, 4) is 23.0 Å². The number of nitrogens with one attached hydrogen (secondary N) is 2. The number of aromatic amines is 1. The predicted molar refractivity (Wildman–Crippen MR) is 127 cm³/mol. The summed E-state index contributed by atoms with van der Waals surface area (Å²) in [6.45, 7) is 2.36. The maximum atomic E-state index is 12.6. The first-order chi connectivity index (χ1) is 16.1. The number of nitrogens with zero attached hydrogens (tertiary/aromatic N) is 2. The molecule has 5 rings (SSSR count). The van der Waals surface area contributed by atoms with E-state index in [9.17, 15) is 4.79 Å². The number of H-pyrrole nitrogens is 1. The number of aryl methyl sites for hydroxylation is 1. The van der Waals surface area contributed by atoms with E-state index in [1.165, 1.54) is 0 Å². The maximum absolute atomic E-state index is 12.6. The van der Waals surface area contributed by atoms with Gasteiger partial charge in [0.25, 0.3) is 5.56 Å². The van der Waals surface area contributed by atoms with Crippen LogP contribution in [0.5, 0.6) is 11.5 Å². The third-order valence-electron chi connectivity index (χ3n) is 5.53. The molecule has 0 radical (unpaired) electrons. The van der Waals surface area contributed by atoms with Crippen LogP contribution in [0.3, 0.4) is 0 Å². The van der Waals surface area contributed by atoms with Gasteiger partial charge in [-0.25, -0.2) is 4.98 Å². The number of fused-ring (bicyclic) bond motifs is 2. The van der Waals surface area contributed by atoms with Crippen LogP contribution in [-0.4, -0.2) is 29.2 Å². The number of ether oxygens (including phenoxy) is 2. The highest BCUT2D eigenvalue weighted by Gasteiger charge is 2.12. The van der Waals surface area contributed by atoms with Gasteiger partial charge in [0.2, 0.25) is 5.89 Å². The van der Waals surface area contributed by atoms with Crippen molar-refractivity contribution in [1.82, 2.24) is 15.0 Å². The minimum Gasteiger partial charge on any atom is -0.493 e.